The Balaban J connectivity index is 3.30. The Morgan fingerprint density at radius 1 is 1.80 bits per heavy atom. The van der Waals surface area contributed by atoms with Gasteiger partial charge in [0.2, 0.25) is 5.91 Å². The summed E-state index contributed by atoms with van der Waals surface area (Å²) in [6.45, 7) is 1.91. The highest BCUT2D eigenvalue weighted by Crippen LogP contribution is 1.74. The fraction of sp³-hybridized carbons (Fsp3) is 0.667. The van der Waals surface area contributed by atoms with Gasteiger partial charge in [-0.15, -0.1) is 0 Å². The summed E-state index contributed by atoms with van der Waals surface area (Å²) in [5.74, 6) is -0.241. The lowest BCUT2D eigenvalue weighted by Gasteiger charge is -2.04. The molecule has 1 unspecified atom stereocenters. The minimum atomic E-state index is -0.508. The molecule has 1 atom stereocenters. The number of carbonyl (C=O) groups excluding carboxylic acids is 2. The Morgan fingerprint density at radius 2 is 2.40 bits per heavy atom. The van der Waals surface area contributed by atoms with Gasteiger partial charge in [0.1, 0.15) is 0 Å². The van der Waals surface area contributed by atoms with Crippen molar-refractivity contribution in [3.63, 3.8) is 0 Å². The van der Waals surface area contributed by atoms with E-state index in [1.165, 1.54) is 0 Å². The molecule has 0 spiro atoms. The molecule has 0 aliphatic rings. The number of hydrogen-bond acceptors (Lipinski definition) is 3. The average molecular weight is 143 g/mol. The predicted molar refractivity (Wildman–Crippen MR) is 37.0 cm³/mol. The first-order valence-corrected chi connectivity index (χ1v) is 3.06. The van der Waals surface area contributed by atoms with Gasteiger partial charge >= 0.3 is 0 Å². The average Bonchev–Trinajstić information content (AvgIpc) is 1.88. The number of nitrogens with one attached hydrogen (secondary N) is 1. The van der Waals surface area contributed by atoms with Gasteiger partial charge in [0.05, 0.1) is 6.04 Å². The second-order valence-corrected chi connectivity index (χ2v) is 1.97. The van der Waals surface area contributed by atoms with E-state index in [9.17, 15) is 9.59 Å². The first kappa shape index (κ1) is 9.10. The summed E-state index contributed by atoms with van der Waals surface area (Å²) < 4.78 is 0. The summed E-state index contributed by atoms with van der Waals surface area (Å²) >= 11 is 0. The van der Waals surface area contributed by atoms with Crippen LogP contribution in [0.5, 0.6) is 0 Å². The van der Waals surface area contributed by atoms with Crippen LogP contribution in [0.2, 0.25) is 0 Å². The van der Waals surface area contributed by atoms with Crippen molar-refractivity contribution in [2.45, 2.75) is 19.4 Å². The van der Waals surface area contributed by atoms with Crippen LogP contribution in [-0.4, -0.2) is 24.8 Å². The van der Waals surface area contributed by atoms with E-state index in [-0.39, 0.29) is 12.3 Å². The van der Waals surface area contributed by atoms with Gasteiger partial charge in [-0.25, -0.2) is 0 Å². The highest BCUT2D eigenvalue weighted by molar-refractivity contribution is 5.81. The molecule has 0 aliphatic heterocycles. The molecule has 0 aromatic heterocycles. The van der Waals surface area contributed by atoms with E-state index in [2.05, 4.69) is 5.32 Å². The molecule has 0 rings (SSSR count). The molecule has 0 aromatic carbocycles. The minimum Gasteiger partial charge on any atom is -0.354 e. The second-order valence-electron chi connectivity index (χ2n) is 1.97. The van der Waals surface area contributed by atoms with E-state index in [1.54, 1.807) is 13.2 Å². The third-order valence-corrected chi connectivity index (χ3v) is 0.940. The van der Waals surface area contributed by atoms with Crippen LogP contribution in [0.4, 0.5) is 0 Å². The van der Waals surface area contributed by atoms with Gasteiger partial charge in [-0.05, 0) is 6.92 Å². The van der Waals surface area contributed by atoms with Gasteiger partial charge in [0.25, 0.3) is 0 Å². The van der Waals surface area contributed by atoms with Crippen molar-refractivity contribution < 1.29 is 9.59 Å². The van der Waals surface area contributed by atoms with Gasteiger partial charge in [0, 0.05) is 13.0 Å². The molecule has 0 saturated carbocycles. The number of carbonyl (C=O) groups is 1. The molecule has 0 fully saturated rings. The van der Waals surface area contributed by atoms with Crippen molar-refractivity contribution in [1.82, 2.24) is 5.32 Å². The normalized spacial score (nSPS) is 12.2. The van der Waals surface area contributed by atoms with Gasteiger partial charge in [-0.3, -0.25) is 9.59 Å². The maximum atomic E-state index is 10.7. The van der Waals surface area contributed by atoms with Crippen LogP contribution >= 0.6 is 0 Å². The maximum absolute atomic E-state index is 10.7. The fourth-order valence-corrected chi connectivity index (χ4v) is 0.398. The highest BCUT2D eigenvalue weighted by Gasteiger charge is 2.04. The van der Waals surface area contributed by atoms with Crippen molar-refractivity contribution in [3.05, 3.63) is 0 Å². The van der Waals surface area contributed by atoms with E-state index in [0.717, 1.165) is 0 Å². The number of nitrogens with two attached hydrogens (primary N) is 1. The molecule has 10 heavy (non-hydrogen) atoms. The zero-order valence-corrected chi connectivity index (χ0v) is 5.89. The van der Waals surface area contributed by atoms with Gasteiger partial charge in [0.15, 0.2) is 6.29 Å². The van der Waals surface area contributed by atoms with Crippen LogP contribution in [-0.2, 0) is 9.59 Å². The molecule has 0 aromatic rings. The van der Waals surface area contributed by atoms with E-state index in [4.69, 9.17) is 5.73 Å². The molecule has 0 heterocycles. The molecular weight excluding hydrogens is 132 g/mol. The molecule has 3 N–H and O–H groups in total. The van der Waals surface area contributed by atoms with Gasteiger partial charge in [-0.2, -0.15) is 0 Å². The summed E-state index contributed by atoms with van der Waals surface area (Å²) in [7, 11) is 0. The van der Waals surface area contributed by atoms with Crippen molar-refractivity contribution >= 4 is 12.2 Å². The van der Waals surface area contributed by atoms with Crippen LogP contribution < -0.4 is 11.1 Å². The molecule has 0 bridgehead atoms. The summed E-state index contributed by atoms with van der Waals surface area (Å²) in [5, 5.41) is 2.46. The largest absolute Gasteiger partial charge is 0.354 e. The third kappa shape index (κ3) is 4.03. The van der Waals surface area contributed by atoms with Crippen molar-refractivity contribution in [2.24, 2.45) is 5.73 Å². The zero-order chi connectivity index (χ0) is 7.98. The zero-order valence-electron chi connectivity index (χ0n) is 5.89. The monoisotopic (exact) mass is 143 g/mol. The quantitative estimate of drug-likeness (QED) is 0.493. The lowest BCUT2D eigenvalue weighted by atomic mass is 10.3. The first-order valence-electron chi connectivity index (χ1n) is 3.06. The van der Waals surface area contributed by atoms with Crippen LogP contribution in [0, 0.1) is 0 Å². The molecule has 1 radical (unpaired) electrons. The van der Waals surface area contributed by atoms with Crippen LogP contribution in [0.15, 0.2) is 0 Å². The van der Waals surface area contributed by atoms with E-state index in [0.29, 0.717) is 6.54 Å². The van der Waals surface area contributed by atoms with Crippen LogP contribution in [0.3, 0.4) is 0 Å². The molecule has 1 amide bonds. The Hall–Kier alpha value is -0.900. The molecule has 57 valence electrons. The number of hydrogen-bond donors (Lipinski definition) is 2. The standard InChI is InChI=1S/C6H11N2O2/c1-5(7)6(10)8-3-2-4-9/h5H,2-3,7H2,1H3,(H,8,10). The Labute approximate surface area is 59.8 Å². The summed E-state index contributed by atoms with van der Waals surface area (Å²) in [6.07, 6.45) is 1.88. The lowest BCUT2D eigenvalue weighted by Crippen LogP contribution is -2.38. The number of amides is 1. The highest BCUT2D eigenvalue weighted by atomic mass is 16.2. The molecular formula is C6H11N2O2. The van der Waals surface area contributed by atoms with Crippen LogP contribution in [0.25, 0.3) is 0 Å². The van der Waals surface area contributed by atoms with E-state index >= 15 is 0 Å². The van der Waals surface area contributed by atoms with Crippen molar-refractivity contribution in [2.75, 3.05) is 6.54 Å². The summed E-state index contributed by atoms with van der Waals surface area (Å²) in [5.41, 5.74) is 5.21. The Morgan fingerprint density at radius 3 is 2.80 bits per heavy atom. The molecule has 4 nitrogen and oxygen atoms in total. The van der Waals surface area contributed by atoms with Gasteiger partial charge in [-0.1, -0.05) is 0 Å². The molecule has 0 saturated heterocycles. The van der Waals surface area contributed by atoms with Crippen molar-refractivity contribution in [3.8, 4) is 0 Å². The maximum Gasteiger partial charge on any atom is 0.236 e. The first-order chi connectivity index (χ1) is 4.68. The summed E-state index contributed by atoms with van der Waals surface area (Å²) in [6, 6.07) is -0.508. The van der Waals surface area contributed by atoms with Crippen LogP contribution in [0.1, 0.15) is 13.3 Å². The SMILES string of the molecule is CC(N)C(=O)NCC[C]=O. The summed E-state index contributed by atoms with van der Waals surface area (Å²) in [4.78, 5) is 20.3. The van der Waals surface area contributed by atoms with E-state index < -0.39 is 6.04 Å². The van der Waals surface area contributed by atoms with Crippen molar-refractivity contribution in [1.29, 1.82) is 0 Å². The number of rotatable bonds is 4. The topological polar surface area (TPSA) is 72.2 Å². The smallest absolute Gasteiger partial charge is 0.236 e. The third-order valence-electron chi connectivity index (χ3n) is 0.940. The Kier molecular flexibility index (Phi) is 4.49. The molecule has 0 aliphatic carbocycles. The predicted octanol–water partition coefficient (Wildman–Crippen LogP) is -1.05. The minimum absolute atomic E-state index is 0.221. The van der Waals surface area contributed by atoms with Gasteiger partial charge < -0.3 is 11.1 Å². The molecule has 4 heteroatoms. The fourth-order valence-electron chi connectivity index (χ4n) is 0.398. The second kappa shape index (κ2) is 4.93. The lowest BCUT2D eigenvalue weighted by molar-refractivity contribution is -0.121. The van der Waals surface area contributed by atoms with E-state index in [1.807, 2.05) is 0 Å². The Bertz CT molecular complexity index is 123.